The van der Waals surface area contributed by atoms with Gasteiger partial charge < -0.3 is 10.1 Å². The molecule has 1 aromatic heterocycles. The third kappa shape index (κ3) is 3.01. The Morgan fingerprint density at radius 3 is 2.82 bits per heavy atom. The van der Waals surface area contributed by atoms with Crippen LogP contribution in [0.25, 0.3) is 0 Å². The zero-order chi connectivity index (χ0) is 12.1. The molecule has 2 aromatic rings. The van der Waals surface area contributed by atoms with Crippen LogP contribution in [0.15, 0.2) is 24.3 Å². The van der Waals surface area contributed by atoms with Crippen molar-refractivity contribution in [3.63, 3.8) is 0 Å². The Kier molecular flexibility index (Phi) is 3.66. The van der Waals surface area contributed by atoms with Gasteiger partial charge in [-0.15, -0.1) is 10.2 Å². The van der Waals surface area contributed by atoms with E-state index < -0.39 is 0 Å². The number of hydrogen-bond acceptors (Lipinski definition) is 5. The van der Waals surface area contributed by atoms with Crippen molar-refractivity contribution in [2.45, 2.75) is 13.1 Å². The Bertz CT molecular complexity index is 482. The molecule has 0 radical (unpaired) electrons. The fourth-order valence-electron chi connectivity index (χ4n) is 1.55. The minimum atomic E-state index is 0.589. The lowest BCUT2D eigenvalue weighted by molar-refractivity contribution is 0.407. The molecule has 0 aliphatic rings. The molecule has 6 heteroatoms. The van der Waals surface area contributed by atoms with Gasteiger partial charge in [0, 0.05) is 12.1 Å². The first kappa shape index (κ1) is 11.5. The fourth-order valence-corrected chi connectivity index (χ4v) is 1.55. The highest BCUT2D eigenvalue weighted by Gasteiger charge is 2.03. The fraction of sp³-hybridized carbons (Fsp3) is 0.364. The highest BCUT2D eigenvalue weighted by molar-refractivity contribution is 5.32. The minimum Gasteiger partial charge on any atom is -0.496 e. The number of rotatable bonds is 5. The highest BCUT2D eigenvalue weighted by Crippen LogP contribution is 2.16. The Morgan fingerprint density at radius 1 is 1.29 bits per heavy atom. The van der Waals surface area contributed by atoms with Crippen LogP contribution in [0.5, 0.6) is 5.75 Å². The molecule has 1 N–H and O–H groups in total. The summed E-state index contributed by atoms with van der Waals surface area (Å²) in [6, 6.07) is 7.90. The number of tetrazole rings is 1. The van der Waals surface area contributed by atoms with Crippen LogP contribution in [0.2, 0.25) is 0 Å². The molecule has 0 atom stereocenters. The van der Waals surface area contributed by atoms with E-state index in [9.17, 15) is 0 Å². The molecule has 0 aliphatic carbocycles. The molecule has 0 aliphatic heterocycles. The number of aromatic nitrogens is 4. The number of nitrogens with one attached hydrogen (secondary N) is 1. The molecule has 17 heavy (non-hydrogen) atoms. The summed E-state index contributed by atoms with van der Waals surface area (Å²) in [6.07, 6.45) is 0. The number of hydrogen-bond donors (Lipinski definition) is 1. The van der Waals surface area contributed by atoms with Crippen LogP contribution in [-0.4, -0.2) is 27.3 Å². The molecule has 0 saturated heterocycles. The van der Waals surface area contributed by atoms with Crippen molar-refractivity contribution in [2.75, 3.05) is 7.11 Å². The molecule has 0 saturated carbocycles. The van der Waals surface area contributed by atoms with Crippen molar-refractivity contribution in [3.05, 3.63) is 35.7 Å². The lowest BCUT2D eigenvalue weighted by atomic mass is 10.2. The summed E-state index contributed by atoms with van der Waals surface area (Å²) in [5, 5.41) is 15.0. The van der Waals surface area contributed by atoms with Crippen molar-refractivity contribution in [3.8, 4) is 5.75 Å². The first-order valence-electron chi connectivity index (χ1n) is 5.35. The first-order chi connectivity index (χ1) is 8.29. The molecule has 1 aromatic carbocycles. The average Bonchev–Trinajstić information content (AvgIpc) is 2.76. The maximum atomic E-state index is 5.26. The van der Waals surface area contributed by atoms with Crippen LogP contribution >= 0.6 is 0 Å². The van der Waals surface area contributed by atoms with E-state index in [0.717, 1.165) is 11.3 Å². The smallest absolute Gasteiger partial charge is 0.188 e. The van der Waals surface area contributed by atoms with Gasteiger partial charge in [0.1, 0.15) is 5.75 Å². The molecule has 0 amide bonds. The molecule has 0 fully saturated rings. The highest BCUT2D eigenvalue weighted by atomic mass is 16.5. The average molecular weight is 233 g/mol. The summed E-state index contributed by atoms with van der Waals surface area (Å²) in [5.41, 5.74) is 1.11. The lowest BCUT2D eigenvalue weighted by Crippen LogP contribution is -2.14. The van der Waals surface area contributed by atoms with Crippen LogP contribution in [0.4, 0.5) is 0 Å². The zero-order valence-electron chi connectivity index (χ0n) is 9.92. The standard InChI is InChI=1S/C11H15N5O/c1-16-14-11(13-15-16)8-12-7-9-5-3-4-6-10(9)17-2/h3-6,12H,7-8H2,1-2H3. The van der Waals surface area contributed by atoms with Crippen molar-refractivity contribution >= 4 is 0 Å². The van der Waals surface area contributed by atoms with Crippen molar-refractivity contribution in [1.82, 2.24) is 25.5 Å². The second-order valence-electron chi connectivity index (χ2n) is 3.61. The number of aryl methyl sites for hydroxylation is 1. The van der Waals surface area contributed by atoms with E-state index in [0.29, 0.717) is 18.9 Å². The van der Waals surface area contributed by atoms with Crippen LogP contribution in [-0.2, 0) is 20.1 Å². The second-order valence-corrected chi connectivity index (χ2v) is 3.61. The van der Waals surface area contributed by atoms with Gasteiger partial charge in [0.15, 0.2) is 5.82 Å². The maximum absolute atomic E-state index is 5.26. The largest absolute Gasteiger partial charge is 0.496 e. The summed E-state index contributed by atoms with van der Waals surface area (Å²) in [5.74, 6) is 1.56. The summed E-state index contributed by atoms with van der Waals surface area (Å²) >= 11 is 0. The van der Waals surface area contributed by atoms with Gasteiger partial charge in [0.25, 0.3) is 0 Å². The van der Waals surface area contributed by atoms with Crippen molar-refractivity contribution < 1.29 is 4.74 Å². The molecule has 0 bridgehead atoms. The number of ether oxygens (including phenoxy) is 1. The molecular formula is C11H15N5O. The zero-order valence-corrected chi connectivity index (χ0v) is 9.92. The van der Waals surface area contributed by atoms with Crippen molar-refractivity contribution in [2.24, 2.45) is 7.05 Å². The van der Waals surface area contributed by atoms with Gasteiger partial charge in [-0.05, 0) is 11.3 Å². The van der Waals surface area contributed by atoms with Gasteiger partial charge in [-0.1, -0.05) is 18.2 Å². The number of para-hydroxylation sites is 1. The van der Waals surface area contributed by atoms with Crippen LogP contribution < -0.4 is 10.1 Å². The van der Waals surface area contributed by atoms with E-state index in [1.807, 2.05) is 24.3 Å². The first-order valence-corrected chi connectivity index (χ1v) is 5.35. The van der Waals surface area contributed by atoms with Gasteiger partial charge in [0.2, 0.25) is 0 Å². The van der Waals surface area contributed by atoms with Gasteiger partial charge in [-0.25, -0.2) is 0 Å². The van der Waals surface area contributed by atoms with Crippen LogP contribution in [0.3, 0.4) is 0 Å². The van der Waals surface area contributed by atoms with Gasteiger partial charge >= 0.3 is 0 Å². The summed E-state index contributed by atoms with van der Waals surface area (Å²) in [4.78, 5) is 1.44. The third-order valence-corrected chi connectivity index (χ3v) is 2.34. The number of methoxy groups -OCH3 is 1. The third-order valence-electron chi connectivity index (χ3n) is 2.34. The molecule has 2 rings (SSSR count). The van der Waals surface area contributed by atoms with Crippen LogP contribution in [0, 0.1) is 0 Å². The van der Waals surface area contributed by atoms with E-state index in [-0.39, 0.29) is 0 Å². The van der Waals surface area contributed by atoms with E-state index in [2.05, 4.69) is 20.7 Å². The Balaban J connectivity index is 1.89. The molecular weight excluding hydrogens is 218 g/mol. The summed E-state index contributed by atoms with van der Waals surface area (Å²) < 4.78 is 5.26. The predicted molar refractivity (Wildman–Crippen MR) is 62.3 cm³/mol. The molecule has 90 valence electrons. The number of benzene rings is 1. The van der Waals surface area contributed by atoms with Crippen molar-refractivity contribution in [1.29, 1.82) is 0 Å². The quantitative estimate of drug-likeness (QED) is 0.815. The Morgan fingerprint density at radius 2 is 2.12 bits per heavy atom. The van der Waals surface area contributed by atoms with Gasteiger partial charge in [-0.3, -0.25) is 0 Å². The van der Waals surface area contributed by atoms with Gasteiger partial charge in [0.05, 0.1) is 20.7 Å². The van der Waals surface area contributed by atoms with Crippen LogP contribution in [0.1, 0.15) is 11.4 Å². The van der Waals surface area contributed by atoms with E-state index in [1.54, 1.807) is 14.2 Å². The Hall–Kier alpha value is -1.95. The monoisotopic (exact) mass is 233 g/mol. The summed E-state index contributed by atoms with van der Waals surface area (Å²) in [7, 11) is 3.42. The summed E-state index contributed by atoms with van der Waals surface area (Å²) in [6.45, 7) is 1.30. The van der Waals surface area contributed by atoms with E-state index in [4.69, 9.17) is 4.74 Å². The van der Waals surface area contributed by atoms with E-state index in [1.165, 1.54) is 4.80 Å². The van der Waals surface area contributed by atoms with Gasteiger partial charge in [-0.2, -0.15) is 4.80 Å². The molecule has 6 nitrogen and oxygen atoms in total. The molecule has 1 heterocycles. The maximum Gasteiger partial charge on any atom is 0.188 e. The van der Waals surface area contributed by atoms with E-state index >= 15 is 0 Å². The number of nitrogens with zero attached hydrogens (tertiary/aromatic N) is 4. The topological polar surface area (TPSA) is 64.9 Å². The predicted octanol–water partition coefficient (Wildman–Crippen LogP) is 0.508. The molecule has 0 spiro atoms. The Labute approximate surface area is 99.6 Å². The SMILES string of the molecule is COc1ccccc1CNCc1nnn(C)n1. The second kappa shape index (κ2) is 5.40. The lowest BCUT2D eigenvalue weighted by Gasteiger charge is -2.07. The normalized spacial score (nSPS) is 10.5. The molecule has 0 unspecified atom stereocenters. The minimum absolute atomic E-state index is 0.589.